The summed E-state index contributed by atoms with van der Waals surface area (Å²) >= 11 is 0. The van der Waals surface area contributed by atoms with Gasteiger partial charge in [0.05, 0.1) is 29.0 Å². The third-order valence-corrected chi connectivity index (χ3v) is 3.72. The number of aromatic nitrogens is 1. The maximum Gasteiger partial charge on any atom is 0.338 e. The Morgan fingerprint density at radius 2 is 2.12 bits per heavy atom. The van der Waals surface area contributed by atoms with Crippen LogP contribution in [0.3, 0.4) is 0 Å². The SMILES string of the molecule is COC(=O)c1ccc(Nc2ccc3c(n2)CCC(=O)N3)c([N+](=O)[O-])c1. The number of hydrogen-bond acceptors (Lipinski definition) is 7. The van der Waals surface area contributed by atoms with Gasteiger partial charge in [-0.3, -0.25) is 14.9 Å². The molecule has 0 saturated carbocycles. The molecule has 1 amide bonds. The van der Waals surface area contributed by atoms with Crippen molar-refractivity contribution >= 4 is 34.8 Å². The maximum atomic E-state index is 11.5. The average molecular weight is 342 g/mol. The summed E-state index contributed by atoms with van der Waals surface area (Å²) in [5.74, 6) is -0.315. The minimum atomic E-state index is -0.655. The van der Waals surface area contributed by atoms with Gasteiger partial charge in [-0.1, -0.05) is 0 Å². The van der Waals surface area contributed by atoms with Crippen molar-refractivity contribution in [2.45, 2.75) is 12.8 Å². The number of hydrogen-bond donors (Lipinski definition) is 2. The van der Waals surface area contributed by atoms with Gasteiger partial charge in [-0.15, -0.1) is 0 Å². The third kappa shape index (κ3) is 3.39. The summed E-state index contributed by atoms with van der Waals surface area (Å²) in [6.07, 6.45) is 0.845. The van der Waals surface area contributed by atoms with Gasteiger partial charge in [0.15, 0.2) is 0 Å². The van der Waals surface area contributed by atoms with E-state index < -0.39 is 10.9 Å². The molecule has 1 aliphatic rings. The fourth-order valence-electron chi connectivity index (χ4n) is 2.49. The van der Waals surface area contributed by atoms with Gasteiger partial charge in [0.2, 0.25) is 5.91 Å². The summed E-state index contributed by atoms with van der Waals surface area (Å²) in [5, 5.41) is 16.9. The molecule has 0 aliphatic carbocycles. The molecule has 0 bridgehead atoms. The van der Waals surface area contributed by atoms with Crippen LogP contribution in [0.2, 0.25) is 0 Å². The van der Waals surface area contributed by atoms with Crippen LogP contribution in [-0.4, -0.2) is 28.9 Å². The van der Waals surface area contributed by atoms with E-state index in [4.69, 9.17) is 0 Å². The maximum absolute atomic E-state index is 11.5. The van der Waals surface area contributed by atoms with E-state index in [1.54, 1.807) is 12.1 Å². The van der Waals surface area contributed by atoms with Crippen LogP contribution in [0.4, 0.5) is 22.9 Å². The molecule has 2 heterocycles. The van der Waals surface area contributed by atoms with Gasteiger partial charge in [-0.05, 0) is 24.3 Å². The monoisotopic (exact) mass is 342 g/mol. The van der Waals surface area contributed by atoms with Crippen molar-refractivity contribution < 1.29 is 19.2 Å². The van der Waals surface area contributed by atoms with E-state index in [1.165, 1.54) is 19.2 Å². The first kappa shape index (κ1) is 16.4. The Balaban J connectivity index is 1.91. The van der Waals surface area contributed by atoms with Crippen molar-refractivity contribution in [3.05, 3.63) is 51.7 Å². The quantitative estimate of drug-likeness (QED) is 0.497. The molecule has 0 atom stereocenters. The number of nitro groups is 1. The number of aryl methyl sites for hydroxylation is 1. The number of benzene rings is 1. The number of ether oxygens (including phenoxy) is 1. The molecule has 1 aromatic carbocycles. The van der Waals surface area contributed by atoms with Crippen LogP contribution < -0.4 is 10.6 Å². The Hall–Kier alpha value is -3.49. The molecule has 1 aliphatic heterocycles. The van der Waals surface area contributed by atoms with Gasteiger partial charge >= 0.3 is 5.97 Å². The summed E-state index contributed by atoms with van der Waals surface area (Å²) in [6, 6.07) is 7.30. The number of nitrogens with one attached hydrogen (secondary N) is 2. The highest BCUT2D eigenvalue weighted by atomic mass is 16.6. The minimum Gasteiger partial charge on any atom is -0.465 e. The number of nitrogens with zero attached hydrogens (tertiary/aromatic N) is 2. The summed E-state index contributed by atoms with van der Waals surface area (Å²) in [7, 11) is 1.20. The van der Waals surface area contributed by atoms with Crippen molar-refractivity contribution in [2.75, 3.05) is 17.7 Å². The lowest BCUT2D eigenvalue weighted by Gasteiger charge is -2.17. The molecule has 0 spiro atoms. The minimum absolute atomic E-state index is 0.0657. The molecule has 1 aromatic heterocycles. The van der Waals surface area contributed by atoms with E-state index in [9.17, 15) is 19.7 Å². The topological polar surface area (TPSA) is 123 Å². The number of fused-ring (bicyclic) bond motifs is 1. The molecule has 9 heteroatoms. The number of methoxy groups -OCH3 is 1. The zero-order valence-electron chi connectivity index (χ0n) is 13.2. The molecule has 3 rings (SSSR count). The van der Waals surface area contributed by atoms with Crippen LogP contribution in [0.15, 0.2) is 30.3 Å². The van der Waals surface area contributed by atoms with Crippen LogP contribution in [0.1, 0.15) is 22.5 Å². The standard InChI is InChI=1S/C16H14N4O5/c1-25-16(22)9-2-3-12(13(8-9)20(23)24)18-14-6-4-11-10(17-14)5-7-15(21)19-11/h2-4,6,8H,5,7H2,1H3,(H,17,18)(H,19,21). The van der Waals surface area contributed by atoms with E-state index in [2.05, 4.69) is 20.4 Å². The Morgan fingerprint density at radius 1 is 1.32 bits per heavy atom. The van der Waals surface area contributed by atoms with E-state index in [0.717, 1.165) is 6.07 Å². The van der Waals surface area contributed by atoms with Gasteiger partial charge in [-0.25, -0.2) is 9.78 Å². The van der Waals surface area contributed by atoms with E-state index in [1.807, 2.05) is 0 Å². The number of anilines is 3. The molecule has 0 radical (unpaired) electrons. The van der Waals surface area contributed by atoms with Crippen molar-refractivity contribution in [1.29, 1.82) is 0 Å². The first-order chi connectivity index (χ1) is 12.0. The summed E-state index contributed by atoms with van der Waals surface area (Å²) in [5.41, 5.74) is 1.36. The van der Waals surface area contributed by atoms with Crippen molar-refractivity contribution in [2.24, 2.45) is 0 Å². The molecule has 9 nitrogen and oxygen atoms in total. The molecule has 128 valence electrons. The smallest absolute Gasteiger partial charge is 0.338 e. The summed E-state index contributed by atoms with van der Waals surface area (Å²) in [6.45, 7) is 0. The average Bonchev–Trinajstić information content (AvgIpc) is 2.61. The first-order valence-electron chi connectivity index (χ1n) is 7.41. The molecule has 25 heavy (non-hydrogen) atoms. The molecule has 0 unspecified atom stereocenters. The van der Waals surface area contributed by atoms with Gasteiger partial charge in [-0.2, -0.15) is 0 Å². The fourth-order valence-corrected chi connectivity index (χ4v) is 2.49. The van der Waals surface area contributed by atoms with Crippen molar-refractivity contribution in [1.82, 2.24) is 4.98 Å². The predicted octanol–water partition coefficient (Wildman–Crippen LogP) is 2.40. The van der Waals surface area contributed by atoms with Crippen LogP contribution in [0.5, 0.6) is 0 Å². The van der Waals surface area contributed by atoms with Crippen molar-refractivity contribution in [3.8, 4) is 0 Å². The van der Waals surface area contributed by atoms with Crippen LogP contribution in [0.25, 0.3) is 0 Å². The van der Waals surface area contributed by atoms with E-state index in [0.29, 0.717) is 30.0 Å². The van der Waals surface area contributed by atoms with E-state index in [-0.39, 0.29) is 22.8 Å². The van der Waals surface area contributed by atoms with Crippen LogP contribution >= 0.6 is 0 Å². The van der Waals surface area contributed by atoms with Gasteiger partial charge in [0, 0.05) is 18.9 Å². The Morgan fingerprint density at radius 3 is 2.84 bits per heavy atom. The lowest BCUT2D eigenvalue weighted by atomic mass is 10.1. The lowest BCUT2D eigenvalue weighted by Crippen LogP contribution is -2.20. The molecular formula is C16H14N4O5. The normalized spacial score (nSPS) is 12.8. The molecule has 2 N–H and O–H groups in total. The van der Waals surface area contributed by atoms with Crippen LogP contribution in [0, 0.1) is 10.1 Å². The Kier molecular flexibility index (Phi) is 4.29. The summed E-state index contributed by atoms with van der Waals surface area (Å²) < 4.78 is 4.57. The second-order valence-corrected chi connectivity index (χ2v) is 5.34. The predicted molar refractivity (Wildman–Crippen MR) is 88.9 cm³/mol. The zero-order valence-corrected chi connectivity index (χ0v) is 13.2. The van der Waals surface area contributed by atoms with Gasteiger partial charge in [0.25, 0.3) is 5.69 Å². The number of pyridine rings is 1. The fraction of sp³-hybridized carbons (Fsp3) is 0.188. The van der Waals surface area contributed by atoms with Crippen molar-refractivity contribution in [3.63, 3.8) is 0 Å². The second kappa shape index (κ2) is 6.56. The highest BCUT2D eigenvalue weighted by Crippen LogP contribution is 2.30. The Bertz CT molecular complexity index is 881. The number of nitro benzene ring substituents is 1. The first-order valence-corrected chi connectivity index (χ1v) is 7.41. The largest absolute Gasteiger partial charge is 0.465 e. The number of carbonyl (C=O) groups excluding carboxylic acids is 2. The Labute approximate surface area is 142 Å². The second-order valence-electron chi connectivity index (χ2n) is 5.34. The highest BCUT2D eigenvalue weighted by Gasteiger charge is 2.20. The zero-order chi connectivity index (χ0) is 18.0. The number of carbonyl (C=O) groups is 2. The summed E-state index contributed by atoms with van der Waals surface area (Å²) in [4.78, 5) is 38.0. The number of amides is 1. The number of esters is 1. The molecule has 0 saturated heterocycles. The lowest BCUT2D eigenvalue weighted by molar-refractivity contribution is -0.383. The van der Waals surface area contributed by atoms with Gasteiger partial charge < -0.3 is 15.4 Å². The highest BCUT2D eigenvalue weighted by molar-refractivity contribution is 5.94. The molecule has 2 aromatic rings. The molecule has 0 fully saturated rings. The number of rotatable bonds is 4. The third-order valence-electron chi connectivity index (χ3n) is 3.72. The van der Waals surface area contributed by atoms with Gasteiger partial charge in [0.1, 0.15) is 11.5 Å². The molecular weight excluding hydrogens is 328 g/mol. The van der Waals surface area contributed by atoms with E-state index >= 15 is 0 Å². The van der Waals surface area contributed by atoms with Crippen LogP contribution in [-0.2, 0) is 16.0 Å².